The van der Waals surface area contributed by atoms with Crippen molar-refractivity contribution in [2.75, 3.05) is 0 Å². The maximum Gasteiger partial charge on any atom is 0.0541 e. The van der Waals surface area contributed by atoms with Gasteiger partial charge in [0.15, 0.2) is 0 Å². The van der Waals surface area contributed by atoms with Crippen LogP contribution in [0.2, 0.25) is 0 Å². The van der Waals surface area contributed by atoms with Crippen LogP contribution in [0.3, 0.4) is 0 Å². The molecule has 0 aliphatic heterocycles. The second-order valence-electron chi connectivity index (χ2n) is 11.0. The van der Waals surface area contributed by atoms with E-state index in [1.165, 1.54) is 66.3 Å². The van der Waals surface area contributed by atoms with Gasteiger partial charge < -0.3 is 4.57 Å². The highest BCUT2D eigenvalue weighted by Gasteiger charge is 2.15. The van der Waals surface area contributed by atoms with E-state index < -0.39 is 0 Å². The first kappa shape index (κ1) is 25.1. The van der Waals surface area contributed by atoms with Crippen LogP contribution in [-0.4, -0.2) is 4.57 Å². The van der Waals surface area contributed by atoms with Crippen molar-refractivity contribution in [1.29, 1.82) is 0 Å². The highest BCUT2D eigenvalue weighted by Crippen LogP contribution is 2.37. The topological polar surface area (TPSA) is 4.93 Å². The van der Waals surface area contributed by atoms with Gasteiger partial charge in [-0.1, -0.05) is 133 Å². The van der Waals surface area contributed by atoms with Gasteiger partial charge in [0, 0.05) is 16.5 Å². The van der Waals surface area contributed by atoms with E-state index >= 15 is 0 Å². The van der Waals surface area contributed by atoms with Gasteiger partial charge >= 0.3 is 0 Å². The summed E-state index contributed by atoms with van der Waals surface area (Å²) in [7, 11) is 0. The lowest BCUT2D eigenvalue weighted by atomic mass is 9.94. The van der Waals surface area contributed by atoms with Gasteiger partial charge in [-0.15, -0.1) is 0 Å². The first-order chi connectivity index (χ1) is 21.3. The third kappa shape index (κ3) is 4.62. The predicted molar refractivity (Wildman–Crippen MR) is 183 cm³/mol. The Bertz CT molecular complexity index is 2070. The summed E-state index contributed by atoms with van der Waals surface area (Å²) in [5.41, 5.74) is 13.2. The van der Waals surface area contributed by atoms with E-state index in [1.54, 1.807) is 0 Å². The van der Waals surface area contributed by atoms with Crippen molar-refractivity contribution in [3.8, 4) is 50.2 Å². The molecular weight excluding hydrogens is 518 g/mol. The molecule has 0 saturated carbocycles. The Hall–Kier alpha value is -5.66. The van der Waals surface area contributed by atoms with Crippen molar-refractivity contribution in [3.63, 3.8) is 0 Å². The summed E-state index contributed by atoms with van der Waals surface area (Å²) in [5, 5.41) is 2.53. The van der Waals surface area contributed by atoms with E-state index in [0.29, 0.717) is 0 Å². The van der Waals surface area contributed by atoms with Gasteiger partial charge in [0.2, 0.25) is 0 Å². The Morgan fingerprint density at radius 1 is 0.256 bits per heavy atom. The molecule has 1 nitrogen and oxygen atoms in total. The third-order valence-corrected chi connectivity index (χ3v) is 8.36. The quantitative estimate of drug-likeness (QED) is 0.202. The Morgan fingerprint density at radius 3 is 1.07 bits per heavy atom. The maximum atomic E-state index is 2.42. The van der Waals surface area contributed by atoms with Gasteiger partial charge in [-0.3, -0.25) is 0 Å². The zero-order valence-corrected chi connectivity index (χ0v) is 23.7. The lowest BCUT2D eigenvalue weighted by Crippen LogP contribution is -1.96. The van der Waals surface area contributed by atoms with Crippen LogP contribution < -0.4 is 0 Å². The number of hydrogen-bond donors (Lipinski definition) is 0. The molecule has 0 aliphatic rings. The summed E-state index contributed by atoms with van der Waals surface area (Å²) in [6.45, 7) is 0. The molecule has 0 aliphatic carbocycles. The number of nitrogens with zero attached hydrogens (tertiary/aromatic N) is 1. The second kappa shape index (κ2) is 10.6. The molecule has 0 bridgehead atoms. The standard InChI is InChI=1S/C42H29N/c1-3-13-30(14-4-1)32-17-11-19-34(25-32)36-27-37(35-20-12-18-33(26-35)31-15-5-2-6-16-31)29-38(28-36)43-41-23-9-7-21-39(41)40-22-8-10-24-42(40)43/h1-29H. The van der Waals surface area contributed by atoms with Crippen LogP contribution in [0.15, 0.2) is 176 Å². The molecule has 0 spiro atoms. The van der Waals surface area contributed by atoms with E-state index in [9.17, 15) is 0 Å². The van der Waals surface area contributed by atoms with E-state index in [4.69, 9.17) is 0 Å². The van der Waals surface area contributed by atoms with Crippen LogP contribution in [0.25, 0.3) is 72.0 Å². The van der Waals surface area contributed by atoms with Crippen LogP contribution in [0.1, 0.15) is 0 Å². The van der Waals surface area contributed by atoms with Crippen molar-refractivity contribution in [2.24, 2.45) is 0 Å². The lowest BCUT2D eigenvalue weighted by Gasteiger charge is -2.15. The molecule has 0 unspecified atom stereocenters. The normalized spacial score (nSPS) is 11.3. The van der Waals surface area contributed by atoms with Gasteiger partial charge in [0.25, 0.3) is 0 Å². The van der Waals surface area contributed by atoms with Crippen LogP contribution in [-0.2, 0) is 0 Å². The lowest BCUT2D eigenvalue weighted by molar-refractivity contribution is 1.18. The first-order valence-electron chi connectivity index (χ1n) is 14.8. The third-order valence-electron chi connectivity index (χ3n) is 8.36. The summed E-state index contributed by atoms with van der Waals surface area (Å²) >= 11 is 0. The molecular formula is C42H29N. The van der Waals surface area contributed by atoms with E-state index in [-0.39, 0.29) is 0 Å². The van der Waals surface area contributed by atoms with Crippen molar-refractivity contribution >= 4 is 21.8 Å². The van der Waals surface area contributed by atoms with E-state index in [0.717, 1.165) is 5.69 Å². The molecule has 0 fully saturated rings. The first-order valence-corrected chi connectivity index (χ1v) is 14.8. The second-order valence-corrected chi connectivity index (χ2v) is 11.0. The van der Waals surface area contributed by atoms with Crippen molar-refractivity contribution in [3.05, 3.63) is 176 Å². The monoisotopic (exact) mass is 547 g/mol. The van der Waals surface area contributed by atoms with Crippen LogP contribution in [0, 0.1) is 0 Å². The number of hydrogen-bond acceptors (Lipinski definition) is 0. The minimum atomic E-state index is 1.15. The van der Waals surface area contributed by atoms with Gasteiger partial charge in [-0.25, -0.2) is 0 Å². The minimum Gasteiger partial charge on any atom is -0.309 e. The van der Waals surface area contributed by atoms with E-state index in [2.05, 4.69) is 180 Å². The Labute approximate surface area is 251 Å². The Balaban J connectivity index is 1.37. The van der Waals surface area contributed by atoms with E-state index in [1.807, 2.05) is 0 Å². The highest BCUT2D eigenvalue weighted by molar-refractivity contribution is 6.09. The van der Waals surface area contributed by atoms with Crippen LogP contribution in [0.5, 0.6) is 0 Å². The van der Waals surface area contributed by atoms with Crippen LogP contribution in [0.4, 0.5) is 0 Å². The average molecular weight is 548 g/mol. The molecule has 0 atom stereocenters. The Kier molecular flexibility index (Phi) is 6.20. The molecule has 7 aromatic carbocycles. The number of fused-ring (bicyclic) bond motifs is 3. The largest absolute Gasteiger partial charge is 0.309 e. The Morgan fingerprint density at radius 2 is 0.605 bits per heavy atom. The molecule has 8 rings (SSSR count). The summed E-state index contributed by atoms with van der Waals surface area (Å²) in [6.07, 6.45) is 0. The average Bonchev–Trinajstić information content (AvgIpc) is 3.43. The molecule has 1 aromatic heterocycles. The fraction of sp³-hybridized carbons (Fsp3) is 0. The molecule has 43 heavy (non-hydrogen) atoms. The molecule has 8 aromatic rings. The fourth-order valence-electron chi connectivity index (χ4n) is 6.29. The summed E-state index contributed by atoms with van der Waals surface area (Å²) in [6, 6.07) is 63.5. The van der Waals surface area contributed by atoms with Gasteiger partial charge in [0.05, 0.1) is 11.0 Å². The zero-order valence-electron chi connectivity index (χ0n) is 23.7. The summed E-state index contributed by atoms with van der Waals surface area (Å²) in [5.74, 6) is 0. The SMILES string of the molecule is c1ccc(-c2cccc(-c3cc(-c4cccc(-c5ccccc5)c4)cc(-n4c5ccccc5c5ccccc54)c3)c2)cc1. The maximum absolute atomic E-state index is 2.42. The number of rotatable bonds is 5. The number of para-hydroxylation sites is 2. The minimum absolute atomic E-state index is 1.15. The van der Waals surface area contributed by atoms with Gasteiger partial charge in [0.1, 0.15) is 0 Å². The van der Waals surface area contributed by atoms with Gasteiger partial charge in [-0.05, 0) is 87.0 Å². The summed E-state index contributed by atoms with van der Waals surface area (Å²) < 4.78 is 2.42. The van der Waals surface area contributed by atoms with Crippen molar-refractivity contribution in [1.82, 2.24) is 4.57 Å². The molecule has 0 saturated heterocycles. The molecule has 0 radical (unpaired) electrons. The van der Waals surface area contributed by atoms with Crippen molar-refractivity contribution in [2.45, 2.75) is 0 Å². The zero-order chi connectivity index (χ0) is 28.6. The number of benzene rings is 7. The number of aromatic nitrogens is 1. The highest BCUT2D eigenvalue weighted by atomic mass is 15.0. The van der Waals surface area contributed by atoms with Crippen molar-refractivity contribution < 1.29 is 0 Å². The molecule has 1 heteroatoms. The van der Waals surface area contributed by atoms with Gasteiger partial charge in [-0.2, -0.15) is 0 Å². The van der Waals surface area contributed by atoms with Crippen LogP contribution >= 0.6 is 0 Å². The molecule has 0 amide bonds. The fourth-order valence-corrected chi connectivity index (χ4v) is 6.29. The molecule has 1 heterocycles. The molecule has 0 N–H and O–H groups in total. The smallest absolute Gasteiger partial charge is 0.0541 e. The molecule has 202 valence electrons. The predicted octanol–water partition coefficient (Wildman–Crippen LogP) is 11.5. The summed E-state index contributed by atoms with van der Waals surface area (Å²) in [4.78, 5) is 0.